The summed E-state index contributed by atoms with van der Waals surface area (Å²) < 4.78 is 2.17. The molecule has 0 amide bonds. The quantitative estimate of drug-likeness (QED) is 0.639. The fourth-order valence-corrected chi connectivity index (χ4v) is 2.53. The first-order valence-electron chi connectivity index (χ1n) is 5.00. The maximum atomic E-state index is 5.14. The molecule has 0 spiro atoms. The van der Waals surface area contributed by atoms with E-state index in [4.69, 9.17) is 4.84 Å². The molecule has 2 aromatic heterocycles. The molecule has 15 heavy (non-hydrogen) atoms. The van der Waals surface area contributed by atoms with Crippen LogP contribution in [0.3, 0.4) is 0 Å². The van der Waals surface area contributed by atoms with Crippen molar-refractivity contribution >= 4 is 16.3 Å². The fraction of sp³-hybridized carbons (Fsp3) is 0.500. The standard InChI is InChI=1S/C10H15N3OS/c1-4-14-11-5-9-8(3)12-10-13(9)7(2)6-15-10/h6,11H,4-5H2,1-3H3. The number of hydroxylamine groups is 1. The molecule has 82 valence electrons. The first-order valence-corrected chi connectivity index (χ1v) is 5.88. The van der Waals surface area contributed by atoms with Gasteiger partial charge in [0.25, 0.3) is 0 Å². The summed E-state index contributed by atoms with van der Waals surface area (Å²) in [4.78, 5) is 10.7. The van der Waals surface area contributed by atoms with E-state index in [1.807, 2.05) is 13.8 Å². The van der Waals surface area contributed by atoms with E-state index in [0.717, 1.165) is 10.7 Å². The highest BCUT2D eigenvalue weighted by atomic mass is 32.1. The molecule has 2 heterocycles. The summed E-state index contributed by atoms with van der Waals surface area (Å²) in [5, 5.41) is 2.12. The molecule has 2 rings (SSSR count). The molecule has 1 N–H and O–H groups in total. The predicted octanol–water partition coefficient (Wildman–Crippen LogP) is 2.05. The van der Waals surface area contributed by atoms with E-state index < -0.39 is 0 Å². The van der Waals surface area contributed by atoms with Gasteiger partial charge in [0.1, 0.15) is 0 Å². The Morgan fingerprint density at radius 2 is 2.33 bits per heavy atom. The van der Waals surface area contributed by atoms with Crippen LogP contribution in [0.2, 0.25) is 0 Å². The van der Waals surface area contributed by atoms with Crippen molar-refractivity contribution in [1.29, 1.82) is 0 Å². The van der Waals surface area contributed by atoms with Crippen molar-refractivity contribution in [3.8, 4) is 0 Å². The molecule has 0 aliphatic carbocycles. The van der Waals surface area contributed by atoms with Gasteiger partial charge in [-0.15, -0.1) is 11.3 Å². The van der Waals surface area contributed by atoms with Gasteiger partial charge in [0.15, 0.2) is 4.96 Å². The van der Waals surface area contributed by atoms with Crippen LogP contribution in [0.5, 0.6) is 0 Å². The summed E-state index contributed by atoms with van der Waals surface area (Å²) in [5.74, 6) is 0. The van der Waals surface area contributed by atoms with Gasteiger partial charge < -0.3 is 4.84 Å². The van der Waals surface area contributed by atoms with Crippen molar-refractivity contribution in [2.24, 2.45) is 0 Å². The maximum Gasteiger partial charge on any atom is 0.194 e. The number of fused-ring (bicyclic) bond motifs is 1. The normalized spacial score (nSPS) is 11.4. The van der Waals surface area contributed by atoms with Crippen LogP contribution in [0.25, 0.3) is 4.96 Å². The molecule has 4 nitrogen and oxygen atoms in total. The van der Waals surface area contributed by atoms with Crippen LogP contribution in [0.1, 0.15) is 24.0 Å². The largest absolute Gasteiger partial charge is 0.302 e. The maximum absolute atomic E-state index is 5.14. The molecule has 5 heteroatoms. The van der Waals surface area contributed by atoms with Crippen LogP contribution >= 0.6 is 11.3 Å². The van der Waals surface area contributed by atoms with Crippen LogP contribution < -0.4 is 5.48 Å². The predicted molar refractivity (Wildman–Crippen MR) is 61.0 cm³/mol. The van der Waals surface area contributed by atoms with Gasteiger partial charge in [-0.05, 0) is 20.8 Å². The molecule has 0 unspecified atom stereocenters. The lowest BCUT2D eigenvalue weighted by Crippen LogP contribution is -2.15. The van der Waals surface area contributed by atoms with E-state index in [0.29, 0.717) is 13.2 Å². The third kappa shape index (κ3) is 1.90. The number of aryl methyl sites for hydroxylation is 2. The minimum Gasteiger partial charge on any atom is -0.302 e. The molecule has 0 aromatic carbocycles. The molecule has 0 saturated carbocycles. The number of nitrogens with one attached hydrogen (secondary N) is 1. The van der Waals surface area contributed by atoms with E-state index >= 15 is 0 Å². The Hall–Kier alpha value is -0.910. The summed E-state index contributed by atoms with van der Waals surface area (Å²) in [7, 11) is 0. The topological polar surface area (TPSA) is 38.6 Å². The third-order valence-corrected chi connectivity index (χ3v) is 3.26. The SMILES string of the molecule is CCONCc1c(C)nc2scc(C)n12. The summed E-state index contributed by atoms with van der Waals surface area (Å²) >= 11 is 1.67. The fourth-order valence-electron chi connectivity index (χ4n) is 1.60. The van der Waals surface area contributed by atoms with Crippen LogP contribution in [-0.2, 0) is 11.4 Å². The van der Waals surface area contributed by atoms with E-state index in [1.165, 1.54) is 11.4 Å². The van der Waals surface area contributed by atoms with Gasteiger partial charge in [0.05, 0.1) is 24.5 Å². The lowest BCUT2D eigenvalue weighted by atomic mass is 10.3. The Kier molecular flexibility index (Phi) is 3.04. The summed E-state index contributed by atoms with van der Waals surface area (Å²) in [6, 6.07) is 0. The Morgan fingerprint density at radius 3 is 3.07 bits per heavy atom. The summed E-state index contributed by atoms with van der Waals surface area (Å²) in [5.41, 5.74) is 6.40. The number of imidazole rings is 1. The Bertz CT molecular complexity index is 460. The lowest BCUT2D eigenvalue weighted by molar-refractivity contribution is 0.0453. The second-order valence-corrected chi connectivity index (χ2v) is 4.23. The van der Waals surface area contributed by atoms with Gasteiger partial charge in [0.2, 0.25) is 0 Å². The Morgan fingerprint density at radius 1 is 1.53 bits per heavy atom. The number of aromatic nitrogens is 2. The monoisotopic (exact) mass is 225 g/mol. The second kappa shape index (κ2) is 4.30. The van der Waals surface area contributed by atoms with Crippen molar-refractivity contribution in [3.05, 3.63) is 22.5 Å². The minimum absolute atomic E-state index is 0.670. The molecular formula is C10H15N3OS. The highest BCUT2D eigenvalue weighted by Crippen LogP contribution is 2.20. The zero-order chi connectivity index (χ0) is 10.8. The van der Waals surface area contributed by atoms with E-state index in [-0.39, 0.29) is 0 Å². The first kappa shape index (κ1) is 10.6. The van der Waals surface area contributed by atoms with E-state index in [9.17, 15) is 0 Å². The molecule has 0 bridgehead atoms. The first-order chi connectivity index (χ1) is 7.24. The molecule has 2 aromatic rings. The van der Waals surface area contributed by atoms with Crippen molar-refractivity contribution in [2.75, 3.05) is 6.61 Å². The minimum atomic E-state index is 0.670. The molecule has 0 aliphatic heterocycles. The molecule has 0 radical (unpaired) electrons. The lowest BCUT2D eigenvalue weighted by Gasteiger charge is -2.04. The zero-order valence-electron chi connectivity index (χ0n) is 9.20. The van der Waals surface area contributed by atoms with Crippen molar-refractivity contribution in [2.45, 2.75) is 27.3 Å². The van der Waals surface area contributed by atoms with Crippen molar-refractivity contribution < 1.29 is 4.84 Å². The van der Waals surface area contributed by atoms with Gasteiger partial charge in [-0.25, -0.2) is 4.98 Å². The highest BCUT2D eigenvalue weighted by molar-refractivity contribution is 7.15. The van der Waals surface area contributed by atoms with E-state index in [1.54, 1.807) is 11.3 Å². The molecule has 0 aliphatic rings. The van der Waals surface area contributed by atoms with Gasteiger partial charge in [-0.3, -0.25) is 4.40 Å². The van der Waals surface area contributed by atoms with Crippen LogP contribution in [0.15, 0.2) is 5.38 Å². The summed E-state index contributed by atoms with van der Waals surface area (Å²) in [6.45, 7) is 7.45. The van der Waals surface area contributed by atoms with Crippen LogP contribution in [0.4, 0.5) is 0 Å². The van der Waals surface area contributed by atoms with Crippen molar-refractivity contribution in [1.82, 2.24) is 14.9 Å². The third-order valence-electron chi connectivity index (χ3n) is 2.32. The zero-order valence-corrected chi connectivity index (χ0v) is 10.0. The second-order valence-electron chi connectivity index (χ2n) is 3.39. The number of hydrogen-bond acceptors (Lipinski definition) is 4. The molecule has 0 fully saturated rings. The van der Waals surface area contributed by atoms with Crippen LogP contribution in [-0.4, -0.2) is 16.0 Å². The average molecular weight is 225 g/mol. The van der Waals surface area contributed by atoms with Gasteiger partial charge in [-0.1, -0.05) is 0 Å². The van der Waals surface area contributed by atoms with E-state index in [2.05, 4.69) is 27.2 Å². The molecule has 0 saturated heterocycles. The molecule has 0 atom stereocenters. The van der Waals surface area contributed by atoms with Gasteiger partial charge in [-0.2, -0.15) is 5.48 Å². The number of nitrogens with zero attached hydrogens (tertiary/aromatic N) is 2. The molecular weight excluding hydrogens is 210 g/mol. The number of rotatable bonds is 4. The number of hydrogen-bond donors (Lipinski definition) is 1. The summed E-state index contributed by atoms with van der Waals surface area (Å²) in [6.07, 6.45) is 0. The van der Waals surface area contributed by atoms with Crippen LogP contribution in [0, 0.1) is 13.8 Å². The van der Waals surface area contributed by atoms with Crippen molar-refractivity contribution in [3.63, 3.8) is 0 Å². The van der Waals surface area contributed by atoms with Gasteiger partial charge in [0, 0.05) is 11.1 Å². The smallest absolute Gasteiger partial charge is 0.194 e. The average Bonchev–Trinajstić information content (AvgIpc) is 2.70. The highest BCUT2D eigenvalue weighted by Gasteiger charge is 2.11. The number of thiazole rings is 1. The Balaban J connectivity index is 2.30. The van der Waals surface area contributed by atoms with Gasteiger partial charge >= 0.3 is 0 Å². The Labute approximate surface area is 92.9 Å².